The van der Waals surface area contributed by atoms with E-state index in [0.717, 1.165) is 0 Å². The predicted molar refractivity (Wildman–Crippen MR) is 136 cm³/mol. The average Bonchev–Trinajstić information content (AvgIpc) is 2.79. The number of ether oxygens (including phenoxy) is 1. The van der Waals surface area contributed by atoms with Gasteiger partial charge in [0.1, 0.15) is 6.61 Å². The Balaban J connectivity index is 3.74. The Morgan fingerprint density at radius 2 is 1.16 bits per heavy atom. The molecule has 37 heavy (non-hydrogen) atoms. The van der Waals surface area contributed by atoms with E-state index in [4.69, 9.17) is 4.74 Å². The van der Waals surface area contributed by atoms with Crippen LogP contribution in [0.1, 0.15) is 66.4 Å². The molecule has 0 fully saturated rings. The van der Waals surface area contributed by atoms with Crippen molar-refractivity contribution in [3.8, 4) is 0 Å². The van der Waals surface area contributed by atoms with Crippen LogP contribution in [0, 0.1) is 17.8 Å². The Morgan fingerprint density at radius 3 is 1.51 bits per heavy atom. The van der Waals surface area contributed by atoms with E-state index < -0.39 is 46.8 Å². The Hall–Kier alpha value is -3.02. The number of carbonyl (C=O) groups is 4. The maximum Gasteiger partial charge on any atom is 0.557 e. The molecular formula is C26H42N3O8+. The zero-order valence-electron chi connectivity index (χ0n) is 22.5. The second-order valence-electron chi connectivity index (χ2n) is 10.5. The number of quaternary nitrogens is 1. The van der Waals surface area contributed by atoms with Crippen LogP contribution in [0.5, 0.6) is 0 Å². The lowest BCUT2D eigenvalue weighted by Crippen LogP contribution is -2.80. The largest absolute Gasteiger partial charge is 0.557 e. The SMILES string of the molecule is CC(C)C[C@H](N[N+](N[C@@H](CC(C)C)C(=O)O)(C(=O)OCc1ccccc1)[C@@H](CC(C)C)C(=O)O)C(=O)O. The highest BCUT2D eigenvalue weighted by atomic mass is 16.6. The van der Waals surface area contributed by atoms with E-state index >= 15 is 0 Å². The van der Waals surface area contributed by atoms with Gasteiger partial charge in [-0.3, -0.25) is 9.59 Å². The molecule has 0 saturated heterocycles. The van der Waals surface area contributed by atoms with E-state index in [-0.39, 0.29) is 43.6 Å². The summed E-state index contributed by atoms with van der Waals surface area (Å²) in [4.78, 5) is 50.9. The lowest BCUT2D eigenvalue weighted by atomic mass is 10.0. The highest BCUT2D eigenvalue weighted by molar-refractivity contribution is 5.77. The number of nitrogens with zero attached hydrogens (tertiary/aromatic N) is 1. The van der Waals surface area contributed by atoms with Crippen molar-refractivity contribution in [2.45, 2.75) is 85.5 Å². The minimum absolute atomic E-state index is 0.0545. The van der Waals surface area contributed by atoms with Gasteiger partial charge in [0.05, 0.1) is 0 Å². The third-order valence-corrected chi connectivity index (χ3v) is 5.67. The molecule has 5 N–H and O–H groups in total. The molecule has 0 unspecified atom stereocenters. The second-order valence-corrected chi connectivity index (χ2v) is 10.5. The molecule has 11 nitrogen and oxygen atoms in total. The van der Waals surface area contributed by atoms with Gasteiger partial charge >= 0.3 is 24.0 Å². The molecule has 0 spiro atoms. The summed E-state index contributed by atoms with van der Waals surface area (Å²) in [6, 6.07) is 4.35. The zero-order valence-corrected chi connectivity index (χ0v) is 22.5. The fourth-order valence-electron chi connectivity index (χ4n) is 3.99. The second kappa shape index (κ2) is 14.7. The molecule has 0 saturated carbocycles. The molecule has 1 amide bonds. The number of hydrogen-bond acceptors (Lipinski definition) is 7. The molecule has 1 rings (SSSR count). The minimum atomic E-state index is -1.59. The Kier molecular flexibility index (Phi) is 12.7. The molecule has 208 valence electrons. The molecular weight excluding hydrogens is 482 g/mol. The van der Waals surface area contributed by atoms with Gasteiger partial charge in [0.15, 0.2) is 12.1 Å². The van der Waals surface area contributed by atoms with Crippen molar-refractivity contribution in [3.63, 3.8) is 0 Å². The van der Waals surface area contributed by atoms with Gasteiger partial charge in [-0.15, -0.1) is 10.9 Å². The lowest BCUT2D eigenvalue weighted by molar-refractivity contribution is -0.962. The average molecular weight is 525 g/mol. The smallest absolute Gasteiger partial charge is 0.480 e. The van der Waals surface area contributed by atoms with Crippen molar-refractivity contribution in [2.24, 2.45) is 17.8 Å². The van der Waals surface area contributed by atoms with Crippen molar-refractivity contribution in [2.75, 3.05) is 0 Å². The van der Waals surface area contributed by atoms with E-state index in [0.29, 0.717) is 5.56 Å². The van der Waals surface area contributed by atoms with Crippen molar-refractivity contribution in [1.82, 2.24) is 10.9 Å². The van der Waals surface area contributed by atoms with Crippen LogP contribution in [0.3, 0.4) is 0 Å². The summed E-state index contributed by atoms with van der Waals surface area (Å²) in [5, 5.41) is 30.2. The number of nitrogens with one attached hydrogen (secondary N) is 2. The molecule has 0 aromatic heterocycles. The van der Waals surface area contributed by atoms with Gasteiger partial charge < -0.3 is 20.1 Å². The number of carboxylic acids is 3. The van der Waals surface area contributed by atoms with Crippen LogP contribution in [-0.4, -0.2) is 62.1 Å². The normalized spacial score (nSPS) is 14.4. The van der Waals surface area contributed by atoms with E-state index in [2.05, 4.69) is 10.9 Å². The van der Waals surface area contributed by atoms with Crippen molar-refractivity contribution >= 4 is 24.0 Å². The van der Waals surface area contributed by atoms with Crippen LogP contribution in [0.25, 0.3) is 0 Å². The van der Waals surface area contributed by atoms with Gasteiger partial charge in [0.2, 0.25) is 6.04 Å². The Bertz CT molecular complexity index is 874. The van der Waals surface area contributed by atoms with Gasteiger partial charge in [0.25, 0.3) is 0 Å². The Labute approximate surface area is 218 Å². The first kappa shape index (κ1) is 32.0. The van der Waals surface area contributed by atoms with Crippen LogP contribution >= 0.6 is 0 Å². The fraction of sp³-hybridized carbons (Fsp3) is 0.615. The summed E-state index contributed by atoms with van der Waals surface area (Å²) in [7, 11) is 0. The van der Waals surface area contributed by atoms with E-state index in [1.165, 1.54) is 0 Å². The van der Waals surface area contributed by atoms with Crippen LogP contribution < -0.4 is 10.9 Å². The molecule has 1 aromatic rings. The third-order valence-electron chi connectivity index (χ3n) is 5.67. The quantitative estimate of drug-likeness (QED) is 0.159. The standard InChI is InChI=1S/C26H41N3O8/c1-16(2)12-20(23(30)31)27-29(22(25(34)35)14-18(5)6,28-21(24(32)33)13-17(3)4)26(36)37-15-19-10-8-7-9-11-19/h7-11,16-18,20-22,27-28H,12-15H2,1-6H3,(H2-,30,31,32,33,34,35)/p+1/t20-,21-,22-/m0/s1. The van der Waals surface area contributed by atoms with E-state index in [1.807, 2.05) is 0 Å². The summed E-state index contributed by atoms with van der Waals surface area (Å²) in [6.07, 6.45) is -1.10. The molecule has 0 aliphatic carbocycles. The molecule has 1 aromatic carbocycles. The first-order valence-electron chi connectivity index (χ1n) is 12.5. The van der Waals surface area contributed by atoms with E-state index in [1.54, 1.807) is 71.9 Å². The Morgan fingerprint density at radius 1 is 0.730 bits per heavy atom. The number of benzene rings is 1. The maximum atomic E-state index is 13.8. The number of aliphatic carboxylic acids is 3. The highest BCUT2D eigenvalue weighted by Gasteiger charge is 2.56. The molecule has 0 aliphatic heterocycles. The number of carboxylic acid groups (broad SMARTS) is 3. The van der Waals surface area contributed by atoms with Crippen molar-refractivity contribution < 1.29 is 43.9 Å². The maximum absolute atomic E-state index is 13.8. The highest BCUT2D eigenvalue weighted by Crippen LogP contribution is 2.23. The molecule has 0 aliphatic rings. The van der Waals surface area contributed by atoms with Crippen LogP contribution in [-0.2, 0) is 25.7 Å². The monoisotopic (exact) mass is 524 g/mol. The van der Waals surface area contributed by atoms with Crippen LogP contribution in [0.4, 0.5) is 4.79 Å². The van der Waals surface area contributed by atoms with Gasteiger partial charge in [-0.2, -0.15) is 4.79 Å². The first-order valence-corrected chi connectivity index (χ1v) is 12.5. The number of carbonyl (C=O) groups excluding carboxylic acids is 1. The first-order chi connectivity index (χ1) is 17.2. The molecule has 11 heteroatoms. The minimum Gasteiger partial charge on any atom is -0.480 e. The van der Waals surface area contributed by atoms with E-state index in [9.17, 15) is 34.5 Å². The third kappa shape index (κ3) is 10.1. The number of amides is 1. The van der Waals surface area contributed by atoms with Gasteiger partial charge in [-0.25, -0.2) is 4.79 Å². The van der Waals surface area contributed by atoms with Crippen molar-refractivity contribution in [3.05, 3.63) is 35.9 Å². The number of rotatable bonds is 16. The summed E-state index contributed by atoms with van der Waals surface area (Å²) >= 11 is 0. The molecule has 0 radical (unpaired) electrons. The fourth-order valence-corrected chi connectivity index (χ4v) is 3.99. The van der Waals surface area contributed by atoms with Crippen molar-refractivity contribution in [1.29, 1.82) is 0 Å². The topological polar surface area (TPSA) is 162 Å². The summed E-state index contributed by atoms with van der Waals surface area (Å²) in [5.41, 5.74) is 6.00. The van der Waals surface area contributed by atoms with Gasteiger partial charge in [-0.05, 0) is 36.2 Å². The molecule has 0 heterocycles. The molecule has 0 bridgehead atoms. The summed E-state index contributed by atoms with van der Waals surface area (Å²) in [6.45, 7) is 10.4. The van der Waals surface area contributed by atoms with Gasteiger partial charge in [-0.1, -0.05) is 76.6 Å². The molecule has 3 atom stereocenters. The zero-order chi connectivity index (χ0) is 28.3. The van der Waals surface area contributed by atoms with Crippen LogP contribution in [0.15, 0.2) is 30.3 Å². The summed E-state index contributed by atoms with van der Waals surface area (Å²) < 4.78 is 4.14. The lowest BCUT2D eigenvalue weighted by Gasteiger charge is -2.41. The predicted octanol–water partition coefficient (Wildman–Crippen LogP) is 3.65. The number of hydrogen-bond donors (Lipinski definition) is 5. The van der Waals surface area contributed by atoms with Gasteiger partial charge in [0, 0.05) is 6.42 Å². The van der Waals surface area contributed by atoms with Crippen LogP contribution in [0.2, 0.25) is 0 Å². The summed E-state index contributed by atoms with van der Waals surface area (Å²) in [5.74, 6) is -4.51.